The molecule has 0 fully saturated rings. The number of nitrogens with two attached hydrogens (primary N) is 2. The molecule has 0 aliphatic carbocycles. The topological polar surface area (TPSA) is 111 Å². The fourth-order valence-electron chi connectivity index (χ4n) is 1.77. The van der Waals surface area contributed by atoms with Crippen LogP contribution in [-0.2, 0) is 0 Å². The highest BCUT2D eigenvalue weighted by atomic mass is 35.5. The lowest BCUT2D eigenvalue weighted by atomic mass is 10.1. The summed E-state index contributed by atoms with van der Waals surface area (Å²) in [5.74, 6) is 1.38. The summed E-state index contributed by atoms with van der Waals surface area (Å²) in [5.41, 5.74) is 12.6. The van der Waals surface area contributed by atoms with Crippen LogP contribution in [0.2, 0.25) is 0 Å². The van der Waals surface area contributed by atoms with Crippen molar-refractivity contribution < 1.29 is 4.74 Å². The van der Waals surface area contributed by atoms with E-state index in [-0.39, 0.29) is 17.3 Å². The monoisotopic (exact) mass is 303 g/mol. The van der Waals surface area contributed by atoms with Crippen molar-refractivity contribution >= 4 is 23.4 Å². The first-order chi connectivity index (χ1) is 10.2. The fourth-order valence-corrected chi connectivity index (χ4v) is 1.88. The Labute approximate surface area is 127 Å². The van der Waals surface area contributed by atoms with Gasteiger partial charge in [-0.15, -0.1) is 11.6 Å². The Kier molecular flexibility index (Phi) is 4.80. The van der Waals surface area contributed by atoms with Gasteiger partial charge in [0.2, 0.25) is 5.95 Å². The Morgan fingerprint density at radius 2 is 1.90 bits per heavy atom. The molecule has 6 nitrogen and oxygen atoms in total. The van der Waals surface area contributed by atoms with Crippen LogP contribution in [0.5, 0.6) is 5.75 Å². The first-order valence-corrected chi connectivity index (χ1v) is 6.81. The number of alkyl halides is 1. The van der Waals surface area contributed by atoms with Crippen molar-refractivity contribution in [1.29, 1.82) is 5.26 Å². The maximum Gasteiger partial charge on any atom is 0.222 e. The molecule has 1 heterocycles. The average Bonchev–Trinajstić information content (AvgIpc) is 2.47. The van der Waals surface area contributed by atoms with Gasteiger partial charge in [-0.05, 0) is 30.7 Å². The lowest BCUT2D eigenvalue weighted by Gasteiger charge is -2.08. The van der Waals surface area contributed by atoms with Gasteiger partial charge in [-0.1, -0.05) is 0 Å². The standard InChI is InChI=1S/C14H14ClN5O/c15-6-1-7-21-10-4-2-9(3-5-10)12-11(8-16)13(17)20-14(18)19-12/h2-5H,1,6-7H2,(H4,17,18,19,20). The molecule has 0 spiro atoms. The first kappa shape index (κ1) is 14.9. The summed E-state index contributed by atoms with van der Waals surface area (Å²) in [6.45, 7) is 0.555. The number of hydrogen-bond acceptors (Lipinski definition) is 6. The van der Waals surface area contributed by atoms with Crippen LogP contribution in [0.4, 0.5) is 11.8 Å². The van der Waals surface area contributed by atoms with Gasteiger partial charge in [-0.25, -0.2) is 4.98 Å². The van der Waals surface area contributed by atoms with Gasteiger partial charge >= 0.3 is 0 Å². The molecule has 2 rings (SSSR count). The van der Waals surface area contributed by atoms with Gasteiger partial charge in [-0.2, -0.15) is 10.2 Å². The molecule has 0 saturated carbocycles. The molecule has 0 radical (unpaired) electrons. The van der Waals surface area contributed by atoms with Gasteiger partial charge in [-0.3, -0.25) is 0 Å². The Morgan fingerprint density at radius 3 is 2.52 bits per heavy atom. The summed E-state index contributed by atoms with van der Waals surface area (Å²) in [6, 6.07) is 9.16. The molecule has 0 saturated heterocycles. The highest BCUT2D eigenvalue weighted by Crippen LogP contribution is 2.26. The second-order valence-electron chi connectivity index (χ2n) is 4.22. The molecule has 21 heavy (non-hydrogen) atoms. The summed E-state index contributed by atoms with van der Waals surface area (Å²) in [5, 5.41) is 9.16. The molecule has 4 N–H and O–H groups in total. The number of benzene rings is 1. The van der Waals surface area contributed by atoms with Crippen LogP contribution >= 0.6 is 11.6 Å². The molecule has 2 aromatic rings. The average molecular weight is 304 g/mol. The van der Waals surface area contributed by atoms with Crippen molar-refractivity contribution in [1.82, 2.24) is 9.97 Å². The number of nitrogens with zero attached hydrogens (tertiary/aromatic N) is 3. The molecule has 1 aromatic heterocycles. The first-order valence-electron chi connectivity index (χ1n) is 6.28. The van der Waals surface area contributed by atoms with E-state index in [1.807, 2.05) is 6.07 Å². The van der Waals surface area contributed by atoms with Gasteiger partial charge in [0, 0.05) is 11.4 Å². The van der Waals surface area contributed by atoms with Gasteiger partial charge in [0.25, 0.3) is 0 Å². The van der Waals surface area contributed by atoms with Crippen LogP contribution in [0.25, 0.3) is 11.3 Å². The van der Waals surface area contributed by atoms with Crippen molar-refractivity contribution in [2.75, 3.05) is 24.0 Å². The molecule has 0 bridgehead atoms. The predicted octanol–water partition coefficient (Wildman–Crippen LogP) is 2.19. The zero-order valence-electron chi connectivity index (χ0n) is 11.2. The quantitative estimate of drug-likeness (QED) is 0.647. The molecule has 0 aliphatic heterocycles. The van der Waals surface area contributed by atoms with Gasteiger partial charge in [0.15, 0.2) is 0 Å². The van der Waals surface area contributed by atoms with Crippen molar-refractivity contribution in [3.63, 3.8) is 0 Å². The highest BCUT2D eigenvalue weighted by Gasteiger charge is 2.13. The van der Waals surface area contributed by atoms with E-state index in [9.17, 15) is 0 Å². The molecular weight excluding hydrogens is 290 g/mol. The lowest BCUT2D eigenvalue weighted by molar-refractivity contribution is 0.318. The normalized spacial score (nSPS) is 10.1. The zero-order valence-corrected chi connectivity index (χ0v) is 12.0. The zero-order chi connectivity index (χ0) is 15.2. The van der Waals surface area contributed by atoms with Crippen molar-refractivity contribution in [3.05, 3.63) is 29.8 Å². The minimum absolute atomic E-state index is 0.0314. The molecule has 0 atom stereocenters. The molecule has 0 unspecified atom stereocenters. The van der Waals surface area contributed by atoms with E-state index in [1.54, 1.807) is 24.3 Å². The third kappa shape index (κ3) is 3.52. The Morgan fingerprint density at radius 1 is 1.19 bits per heavy atom. The highest BCUT2D eigenvalue weighted by molar-refractivity contribution is 6.17. The van der Waals surface area contributed by atoms with Gasteiger partial charge in [0.05, 0.1) is 12.3 Å². The second-order valence-corrected chi connectivity index (χ2v) is 4.60. The number of nitriles is 1. The van der Waals surface area contributed by atoms with Crippen molar-refractivity contribution in [2.45, 2.75) is 6.42 Å². The van der Waals surface area contributed by atoms with Crippen LogP contribution < -0.4 is 16.2 Å². The van der Waals surface area contributed by atoms with Crippen molar-refractivity contribution in [2.24, 2.45) is 0 Å². The van der Waals surface area contributed by atoms with Gasteiger partial charge in [0.1, 0.15) is 23.2 Å². The van der Waals surface area contributed by atoms with Crippen LogP contribution in [-0.4, -0.2) is 22.5 Å². The third-order valence-electron chi connectivity index (χ3n) is 2.74. The molecule has 0 amide bonds. The summed E-state index contributed by atoms with van der Waals surface area (Å²) in [7, 11) is 0. The largest absolute Gasteiger partial charge is 0.494 e. The third-order valence-corrected chi connectivity index (χ3v) is 3.01. The van der Waals surface area contributed by atoms with E-state index in [0.29, 0.717) is 18.2 Å². The fraction of sp³-hybridized carbons (Fsp3) is 0.214. The Bertz CT molecular complexity index is 666. The molecule has 1 aromatic carbocycles. The minimum atomic E-state index is 0.0314. The van der Waals surface area contributed by atoms with Crippen LogP contribution in [0.1, 0.15) is 12.0 Å². The van der Waals surface area contributed by atoms with E-state index in [2.05, 4.69) is 9.97 Å². The lowest BCUT2D eigenvalue weighted by Crippen LogP contribution is -2.05. The van der Waals surface area contributed by atoms with Gasteiger partial charge < -0.3 is 16.2 Å². The smallest absolute Gasteiger partial charge is 0.222 e. The summed E-state index contributed by atoms with van der Waals surface area (Å²) in [4.78, 5) is 7.87. The minimum Gasteiger partial charge on any atom is -0.494 e. The Hall–Kier alpha value is -2.52. The van der Waals surface area contributed by atoms with Crippen molar-refractivity contribution in [3.8, 4) is 23.1 Å². The van der Waals surface area contributed by atoms with E-state index >= 15 is 0 Å². The Balaban J connectivity index is 2.29. The maximum atomic E-state index is 9.16. The summed E-state index contributed by atoms with van der Waals surface area (Å²) in [6.07, 6.45) is 0.779. The number of nitrogen functional groups attached to an aromatic ring is 2. The molecular formula is C14H14ClN5O. The van der Waals surface area contributed by atoms with E-state index < -0.39 is 0 Å². The molecule has 7 heteroatoms. The predicted molar refractivity (Wildman–Crippen MR) is 81.8 cm³/mol. The number of rotatable bonds is 5. The van der Waals surface area contributed by atoms with Crippen LogP contribution in [0.15, 0.2) is 24.3 Å². The van der Waals surface area contributed by atoms with E-state index in [0.717, 1.165) is 17.7 Å². The number of hydrogen-bond donors (Lipinski definition) is 2. The number of anilines is 2. The maximum absolute atomic E-state index is 9.16. The SMILES string of the molecule is N#Cc1c(N)nc(N)nc1-c1ccc(OCCCCl)cc1. The summed E-state index contributed by atoms with van der Waals surface area (Å²) >= 11 is 5.59. The summed E-state index contributed by atoms with van der Waals surface area (Å²) < 4.78 is 5.51. The van der Waals surface area contributed by atoms with Crippen LogP contribution in [0, 0.1) is 11.3 Å². The second kappa shape index (κ2) is 6.77. The van der Waals surface area contributed by atoms with E-state index in [4.69, 9.17) is 33.1 Å². The number of aromatic nitrogens is 2. The molecule has 108 valence electrons. The van der Waals surface area contributed by atoms with E-state index in [1.165, 1.54) is 0 Å². The number of halogens is 1. The number of ether oxygens (including phenoxy) is 1. The van der Waals surface area contributed by atoms with Crippen LogP contribution in [0.3, 0.4) is 0 Å². The molecule has 0 aliphatic rings.